The number of hydrogen-bond donors (Lipinski definition) is 3. The predicted octanol–water partition coefficient (Wildman–Crippen LogP) is 0.424. The highest BCUT2D eigenvalue weighted by molar-refractivity contribution is 6.33. The van der Waals surface area contributed by atoms with Gasteiger partial charge in [0.25, 0.3) is 0 Å². The van der Waals surface area contributed by atoms with Gasteiger partial charge in [0.1, 0.15) is 35.5 Å². The molecule has 2 aromatic heterocycles. The Kier molecular flexibility index (Phi) is 4.28. The Balaban J connectivity index is 2.02. The summed E-state index contributed by atoms with van der Waals surface area (Å²) in [5.74, 6) is 0. The fourth-order valence-corrected chi connectivity index (χ4v) is 2.81. The van der Waals surface area contributed by atoms with Gasteiger partial charge in [-0.2, -0.15) is 0 Å². The summed E-state index contributed by atoms with van der Waals surface area (Å²) in [6.07, 6.45) is -4.06. The minimum Gasteiger partial charge on any atom is -0.394 e. The van der Waals surface area contributed by atoms with E-state index in [9.17, 15) is 19.7 Å². The van der Waals surface area contributed by atoms with Crippen LogP contribution in [0.2, 0.25) is 5.15 Å². The van der Waals surface area contributed by atoms with Crippen LogP contribution in [0.5, 0.6) is 0 Å². The molecule has 0 unspecified atom stereocenters. The van der Waals surface area contributed by atoms with E-state index in [0.29, 0.717) is 11.0 Å². The molecule has 3 N–H and O–H groups in total. The van der Waals surface area contributed by atoms with Gasteiger partial charge in [-0.3, -0.25) is 0 Å². The van der Waals surface area contributed by atoms with Crippen molar-refractivity contribution in [3.05, 3.63) is 23.7 Å². The zero-order valence-corrected chi connectivity index (χ0v) is 12.1. The molecule has 0 saturated carbocycles. The lowest BCUT2D eigenvalue weighted by molar-refractivity contribution is -0.137. The summed E-state index contributed by atoms with van der Waals surface area (Å²) in [6.45, 7) is -0.545. The lowest BCUT2D eigenvalue weighted by Crippen LogP contribution is -2.39. The maximum Gasteiger partial charge on any atom is 0.167 e. The van der Waals surface area contributed by atoms with E-state index in [1.807, 2.05) is 0 Å². The third-order valence-corrected chi connectivity index (χ3v) is 4.08. The normalized spacial score (nSPS) is 33.0. The number of hydrogen-bond acceptors (Lipinski definition) is 6. The van der Waals surface area contributed by atoms with Crippen molar-refractivity contribution >= 4 is 22.6 Å². The minimum absolute atomic E-state index is 0.228. The fraction of sp³-hybridized carbons (Fsp3) is 0.538. The molecular weight excluding hydrogens is 317 g/mol. The molecular formula is C13H15ClFN3O4. The number of aromatic nitrogens is 3. The van der Waals surface area contributed by atoms with Crippen molar-refractivity contribution in [3.63, 3.8) is 0 Å². The molecule has 22 heavy (non-hydrogen) atoms. The number of aliphatic hydroxyl groups excluding tert-OH is 3. The molecule has 7 nitrogen and oxygen atoms in total. The first-order valence-corrected chi connectivity index (χ1v) is 7.14. The molecule has 0 radical (unpaired) electrons. The third kappa shape index (κ3) is 2.57. The number of rotatable bonds is 2. The Bertz CT molecular complexity index is 670. The van der Waals surface area contributed by atoms with Gasteiger partial charge in [-0.05, 0) is 6.07 Å². The Labute approximate surface area is 129 Å². The summed E-state index contributed by atoms with van der Waals surface area (Å²) in [7, 11) is 0. The summed E-state index contributed by atoms with van der Waals surface area (Å²) < 4.78 is 21.3. The summed E-state index contributed by atoms with van der Waals surface area (Å²) in [4.78, 5) is 7.91. The molecule has 0 spiro atoms. The van der Waals surface area contributed by atoms with Crippen molar-refractivity contribution in [2.75, 3.05) is 6.61 Å². The van der Waals surface area contributed by atoms with Gasteiger partial charge >= 0.3 is 0 Å². The average Bonchev–Trinajstić information content (AvgIpc) is 2.88. The van der Waals surface area contributed by atoms with Gasteiger partial charge < -0.3 is 24.6 Å². The van der Waals surface area contributed by atoms with E-state index in [1.54, 1.807) is 12.3 Å². The first-order chi connectivity index (χ1) is 10.5. The first-order valence-electron chi connectivity index (χ1n) is 6.76. The number of fused-ring (bicyclic) bond motifs is 1. The number of ether oxygens (including phenoxy) is 1. The largest absolute Gasteiger partial charge is 0.394 e. The summed E-state index contributed by atoms with van der Waals surface area (Å²) in [6, 6.07) is 1.62. The van der Waals surface area contributed by atoms with Crippen LogP contribution in [0, 0.1) is 0 Å². The number of aliphatic hydroxyl groups is 3. The molecule has 5 atom stereocenters. The third-order valence-electron chi connectivity index (χ3n) is 3.78. The highest BCUT2D eigenvalue weighted by atomic mass is 35.5. The minimum atomic E-state index is -1.59. The van der Waals surface area contributed by atoms with Crippen molar-refractivity contribution in [3.8, 4) is 0 Å². The van der Waals surface area contributed by atoms with Crippen LogP contribution >= 0.6 is 11.6 Å². The van der Waals surface area contributed by atoms with Gasteiger partial charge in [0.05, 0.1) is 18.1 Å². The Morgan fingerprint density at radius 3 is 2.91 bits per heavy atom. The monoisotopic (exact) mass is 331 g/mol. The van der Waals surface area contributed by atoms with Gasteiger partial charge in [-0.1, -0.05) is 11.6 Å². The van der Waals surface area contributed by atoms with Crippen LogP contribution in [0.15, 0.2) is 18.6 Å². The molecule has 9 heteroatoms. The van der Waals surface area contributed by atoms with Crippen LogP contribution in [0.3, 0.4) is 0 Å². The molecule has 1 fully saturated rings. The molecule has 0 aliphatic carbocycles. The van der Waals surface area contributed by atoms with E-state index in [2.05, 4.69) is 9.97 Å². The fourth-order valence-electron chi connectivity index (χ4n) is 2.62. The molecule has 1 aliphatic heterocycles. The van der Waals surface area contributed by atoms with Crippen LogP contribution in [0.1, 0.15) is 12.6 Å². The molecule has 3 rings (SSSR count). The second kappa shape index (κ2) is 6.05. The summed E-state index contributed by atoms with van der Waals surface area (Å²) >= 11 is 5.96. The second-order valence-electron chi connectivity index (χ2n) is 5.18. The zero-order valence-electron chi connectivity index (χ0n) is 11.4. The standard InChI is InChI=1S/C13H15ClFN3O4/c14-11-6-1-2-18(12(6)17-5-16-11)13-7(15)3-8(20)10(21)9(4-19)22-13/h1-2,5,7-10,13,19-21H,3-4H2/t7-,8+,9+,10-,13+/m0/s1. The van der Waals surface area contributed by atoms with Gasteiger partial charge in [0.15, 0.2) is 6.23 Å². The van der Waals surface area contributed by atoms with Crippen LogP contribution < -0.4 is 0 Å². The molecule has 1 saturated heterocycles. The van der Waals surface area contributed by atoms with Crippen LogP contribution in [-0.2, 0) is 4.74 Å². The van der Waals surface area contributed by atoms with E-state index in [-0.39, 0.29) is 11.6 Å². The Morgan fingerprint density at radius 2 is 2.18 bits per heavy atom. The highest BCUT2D eigenvalue weighted by Crippen LogP contribution is 2.32. The van der Waals surface area contributed by atoms with E-state index in [4.69, 9.17) is 16.3 Å². The zero-order chi connectivity index (χ0) is 15.9. The quantitative estimate of drug-likeness (QED) is 0.690. The molecule has 0 aromatic carbocycles. The van der Waals surface area contributed by atoms with Gasteiger partial charge in [-0.15, -0.1) is 0 Å². The maximum absolute atomic E-state index is 14.5. The van der Waals surface area contributed by atoms with E-state index < -0.39 is 37.3 Å². The van der Waals surface area contributed by atoms with E-state index in [0.717, 1.165) is 0 Å². The van der Waals surface area contributed by atoms with Crippen molar-refractivity contribution < 1.29 is 24.4 Å². The van der Waals surface area contributed by atoms with Crippen molar-refractivity contribution in [1.82, 2.24) is 14.5 Å². The number of halogens is 2. The summed E-state index contributed by atoms with van der Waals surface area (Å²) in [5.41, 5.74) is 0.371. The highest BCUT2D eigenvalue weighted by Gasteiger charge is 2.40. The molecule has 3 heterocycles. The van der Waals surface area contributed by atoms with Crippen LogP contribution in [-0.4, -0.2) is 60.9 Å². The molecule has 0 bridgehead atoms. The first kappa shape index (κ1) is 15.6. The Morgan fingerprint density at radius 1 is 1.41 bits per heavy atom. The lowest BCUT2D eigenvalue weighted by atomic mass is 10.0. The van der Waals surface area contributed by atoms with Crippen molar-refractivity contribution in [2.24, 2.45) is 0 Å². The second-order valence-corrected chi connectivity index (χ2v) is 5.54. The predicted molar refractivity (Wildman–Crippen MR) is 75.1 cm³/mol. The summed E-state index contributed by atoms with van der Waals surface area (Å²) in [5, 5.41) is 29.7. The van der Waals surface area contributed by atoms with Gasteiger partial charge in [0, 0.05) is 12.6 Å². The van der Waals surface area contributed by atoms with Gasteiger partial charge in [-0.25, -0.2) is 14.4 Å². The molecule has 2 aromatic rings. The van der Waals surface area contributed by atoms with Crippen LogP contribution in [0.4, 0.5) is 4.39 Å². The molecule has 0 amide bonds. The lowest BCUT2D eigenvalue weighted by Gasteiger charge is -2.25. The van der Waals surface area contributed by atoms with Gasteiger partial charge in [0.2, 0.25) is 0 Å². The van der Waals surface area contributed by atoms with Crippen LogP contribution in [0.25, 0.3) is 11.0 Å². The van der Waals surface area contributed by atoms with Crippen molar-refractivity contribution in [2.45, 2.75) is 37.1 Å². The maximum atomic E-state index is 14.5. The topological polar surface area (TPSA) is 101 Å². The smallest absolute Gasteiger partial charge is 0.167 e. The van der Waals surface area contributed by atoms with E-state index >= 15 is 0 Å². The van der Waals surface area contributed by atoms with E-state index in [1.165, 1.54) is 10.9 Å². The number of alkyl halides is 1. The Hall–Kier alpha value is -1.32. The number of nitrogens with zero attached hydrogens (tertiary/aromatic N) is 3. The average molecular weight is 332 g/mol. The molecule has 120 valence electrons. The van der Waals surface area contributed by atoms with Crippen molar-refractivity contribution in [1.29, 1.82) is 0 Å². The SMILES string of the molecule is OC[C@H]1O[C@@H](n2ccc3c(Cl)ncnc32)[C@@H](F)C[C@@H](O)[C@@H]1O. The molecule has 1 aliphatic rings.